The van der Waals surface area contributed by atoms with Crippen LogP contribution >= 0.6 is 0 Å². The van der Waals surface area contributed by atoms with E-state index in [2.05, 4.69) is 20.2 Å². The Labute approximate surface area is 159 Å². The molecule has 1 aliphatic rings. The summed E-state index contributed by atoms with van der Waals surface area (Å²) in [5.41, 5.74) is 3.22. The quantitative estimate of drug-likeness (QED) is 0.684. The summed E-state index contributed by atoms with van der Waals surface area (Å²) in [5.74, 6) is 0.820. The maximum Gasteiger partial charge on any atom is 0.251 e. The molecule has 0 spiro atoms. The standard InChI is InChI=1S/C21H25N5O/c1-16-24-19-9-5-10-22-20(19)26(16)18-8-4-7-17(15-18)21(27)23-11-6-14-25-12-2-3-13-25/h4-5,7-10,15H,2-3,6,11-14H2,1H3,(H,23,27). The first-order valence-electron chi connectivity index (χ1n) is 9.63. The summed E-state index contributed by atoms with van der Waals surface area (Å²) in [6, 6.07) is 11.5. The minimum Gasteiger partial charge on any atom is -0.352 e. The molecule has 1 aromatic carbocycles. The molecule has 3 heterocycles. The molecule has 140 valence electrons. The fourth-order valence-electron chi connectivity index (χ4n) is 3.73. The molecule has 6 nitrogen and oxygen atoms in total. The van der Waals surface area contributed by atoms with E-state index in [0.717, 1.165) is 35.6 Å². The molecule has 0 aliphatic carbocycles. The van der Waals surface area contributed by atoms with Gasteiger partial charge >= 0.3 is 0 Å². The number of nitrogens with one attached hydrogen (secondary N) is 1. The maximum absolute atomic E-state index is 12.5. The molecule has 1 saturated heterocycles. The molecule has 1 fully saturated rings. The van der Waals surface area contributed by atoms with E-state index in [1.54, 1.807) is 6.20 Å². The summed E-state index contributed by atoms with van der Waals surface area (Å²) in [6.45, 7) is 6.11. The highest BCUT2D eigenvalue weighted by Gasteiger charge is 2.13. The third kappa shape index (κ3) is 3.85. The van der Waals surface area contributed by atoms with Gasteiger partial charge in [0.15, 0.2) is 5.65 Å². The van der Waals surface area contributed by atoms with E-state index in [9.17, 15) is 4.79 Å². The lowest BCUT2D eigenvalue weighted by Crippen LogP contribution is -2.28. The first kappa shape index (κ1) is 17.7. The molecule has 0 saturated carbocycles. The second kappa shape index (κ2) is 7.88. The van der Waals surface area contributed by atoms with Crippen LogP contribution < -0.4 is 5.32 Å². The van der Waals surface area contributed by atoms with Crippen LogP contribution in [0.2, 0.25) is 0 Å². The minimum absolute atomic E-state index is 0.0340. The Hall–Kier alpha value is -2.73. The lowest BCUT2D eigenvalue weighted by Gasteiger charge is -2.14. The van der Waals surface area contributed by atoms with Crippen molar-refractivity contribution in [1.82, 2.24) is 24.8 Å². The van der Waals surface area contributed by atoms with Gasteiger partial charge in [-0.1, -0.05) is 6.07 Å². The van der Waals surface area contributed by atoms with Gasteiger partial charge < -0.3 is 10.2 Å². The van der Waals surface area contributed by atoms with E-state index in [0.29, 0.717) is 12.1 Å². The zero-order chi connectivity index (χ0) is 18.6. The van der Waals surface area contributed by atoms with Crippen molar-refractivity contribution < 1.29 is 4.79 Å². The Morgan fingerprint density at radius 1 is 1.19 bits per heavy atom. The number of aromatic nitrogens is 3. The molecular formula is C21H25N5O. The van der Waals surface area contributed by atoms with Crippen LogP contribution in [0.5, 0.6) is 0 Å². The highest BCUT2D eigenvalue weighted by Crippen LogP contribution is 2.20. The summed E-state index contributed by atoms with van der Waals surface area (Å²) in [5, 5.41) is 3.04. The Bertz CT molecular complexity index is 943. The second-order valence-electron chi connectivity index (χ2n) is 7.05. The van der Waals surface area contributed by atoms with Crippen molar-refractivity contribution in [2.45, 2.75) is 26.2 Å². The van der Waals surface area contributed by atoms with Crippen LogP contribution in [0.3, 0.4) is 0 Å². The molecule has 2 aromatic heterocycles. The van der Waals surface area contributed by atoms with E-state index in [1.165, 1.54) is 25.9 Å². The smallest absolute Gasteiger partial charge is 0.251 e. The first-order chi connectivity index (χ1) is 13.2. The molecule has 0 atom stereocenters. The van der Waals surface area contributed by atoms with Crippen LogP contribution in [-0.4, -0.2) is 51.5 Å². The average Bonchev–Trinajstić information content (AvgIpc) is 3.31. The Balaban J connectivity index is 1.45. The summed E-state index contributed by atoms with van der Waals surface area (Å²) in [6.07, 6.45) is 5.35. The topological polar surface area (TPSA) is 63.1 Å². The van der Waals surface area contributed by atoms with Gasteiger partial charge in [-0.25, -0.2) is 9.97 Å². The van der Waals surface area contributed by atoms with Crippen molar-refractivity contribution in [3.8, 4) is 5.69 Å². The lowest BCUT2D eigenvalue weighted by molar-refractivity contribution is 0.0952. The molecule has 0 unspecified atom stereocenters. The Kier molecular flexibility index (Phi) is 5.16. The number of pyridine rings is 1. The number of imidazole rings is 1. The van der Waals surface area contributed by atoms with Gasteiger partial charge in [-0.3, -0.25) is 9.36 Å². The van der Waals surface area contributed by atoms with Crippen molar-refractivity contribution in [3.63, 3.8) is 0 Å². The number of likely N-dealkylation sites (tertiary alicyclic amines) is 1. The highest BCUT2D eigenvalue weighted by molar-refractivity contribution is 5.94. The van der Waals surface area contributed by atoms with Gasteiger partial charge in [0.05, 0.1) is 0 Å². The predicted molar refractivity (Wildman–Crippen MR) is 106 cm³/mol. The van der Waals surface area contributed by atoms with E-state index < -0.39 is 0 Å². The van der Waals surface area contributed by atoms with Crippen LogP contribution in [0.25, 0.3) is 16.9 Å². The Morgan fingerprint density at radius 3 is 2.89 bits per heavy atom. The minimum atomic E-state index is -0.0340. The van der Waals surface area contributed by atoms with Crippen LogP contribution in [0.1, 0.15) is 35.4 Å². The molecule has 0 radical (unpaired) electrons. The number of nitrogens with zero attached hydrogens (tertiary/aromatic N) is 4. The summed E-state index contributed by atoms with van der Waals surface area (Å²) < 4.78 is 1.99. The molecule has 1 N–H and O–H groups in total. The van der Waals surface area contributed by atoms with E-state index >= 15 is 0 Å². The second-order valence-corrected chi connectivity index (χ2v) is 7.05. The van der Waals surface area contributed by atoms with Crippen molar-refractivity contribution in [3.05, 3.63) is 54.0 Å². The molecule has 6 heteroatoms. The van der Waals surface area contributed by atoms with Crippen LogP contribution in [0, 0.1) is 6.92 Å². The van der Waals surface area contributed by atoms with E-state index in [4.69, 9.17) is 0 Å². The summed E-state index contributed by atoms with van der Waals surface area (Å²) in [4.78, 5) is 24.0. The summed E-state index contributed by atoms with van der Waals surface area (Å²) >= 11 is 0. The molecule has 1 aliphatic heterocycles. The van der Waals surface area contributed by atoms with Crippen molar-refractivity contribution in [2.75, 3.05) is 26.2 Å². The average molecular weight is 363 g/mol. The van der Waals surface area contributed by atoms with Gasteiger partial charge in [0.1, 0.15) is 11.3 Å². The van der Waals surface area contributed by atoms with Crippen LogP contribution in [0.4, 0.5) is 0 Å². The first-order valence-corrected chi connectivity index (χ1v) is 9.63. The van der Waals surface area contributed by atoms with Crippen molar-refractivity contribution in [2.24, 2.45) is 0 Å². The largest absolute Gasteiger partial charge is 0.352 e. The van der Waals surface area contributed by atoms with Gasteiger partial charge in [0.2, 0.25) is 0 Å². The lowest BCUT2D eigenvalue weighted by atomic mass is 10.2. The molecule has 0 bridgehead atoms. The molecule has 3 aromatic rings. The van der Waals surface area contributed by atoms with Gasteiger partial charge in [-0.05, 0) is 76.2 Å². The summed E-state index contributed by atoms with van der Waals surface area (Å²) in [7, 11) is 0. The van der Waals surface area contributed by atoms with E-state index in [-0.39, 0.29) is 5.91 Å². The van der Waals surface area contributed by atoms with E-state index in [1.807, 2.05) is 47.9 Å². The molecule has 1 amide bonds. The number of hydrogen-bond acceptors (Lipinski definition) is 4. The normalized spacial score (nSPS) is 14.7. The SMILES string of the molecule is Cc1nc2cccnc2n1-c1cccc(C(=O)NCCCN2CCCC2)c1. The zero-order valence-electron chi connectivity index (χ0n) is 15.7. The molecular weight excluding hydrogens is 338 g/mol. The number of hydrogen-bond donors (Lipinski definition) is 1. The van der Waals surface area contributed by atoms with Crippen molar-refractivity contribution in [1.29, 1.82) is 0 Å². The number of rotatable bonds is 6. The number of amides is 1. The van der Waals surface area contributed by atoms with Gasteiger partial charge in [0.25, 0.3) is 5.91 Å². The predicted octanol–water partition coefficient (Wildman–Crippen LogP) is 2.94. The third-order valence-corrected chi connectivity index (χ3v) is 5.09. The number of benzene rings is 1. The number of carbonyl (C=O) groups excluding carboxylic acids is 1. The van der Waals surface area contributed by atoms with Crippen LogP contribution in [0.15, 0.2) is 42.6 Å². The van der Waals surface area contributed by atoms with Gasteiger partial charge in [0, 0.05) is 24.0 Å². The maximum atomic E-state index is 12.5. The Morgan fingerprint density at radius 2 is 2.04 bits per heavy atom. The fourth-order valence-corrected chi connectivity index (χ4v) is 3.73. The van der Waals surface area contributed by atoms with Gasteiger partial charge in [-0.2, -0.15) is 0 Å². The van der Waals surface area contributed by atoms with Crippen LogP contribution in [-0.2, 0) is 0 Å². The molecule has 4 rings (SSSR count). The van der Waals surface area contributed by atoms with Gasteiger partial charge in [-0.15, -0.1) is 0 Å². The third-order valence-electron chi connectivity index (χ3n) is 5.09. The van der Waals surface area contributed by atoms with Crippen molar-refractivity contribution >= 4 is 17.1 Å². The number of aryl methyl sites for hydroxylation is 1. The number of fused-ring (bicyclic) bond motifs is 1. The monoisotopic (exact) mass is 363 g/mol. The number of carbonyl (C=O) groups is 1. The molecule has 27 heavy (non-hydrogen) atoms. The highest BCUT2D eigenvalue weighted by atomic mass is 16.1. The fraction of sp³-hybridized carbons (Fsp3) is 0.381. The zero-order valence-corrected chi connectivity index (χ0v) is 15.7.